The Morgan fingerprint density at radius 1 is 0.277 bits per heavy atom. The van der Waals surface area contributed by atoms with E-state index in [2.05, 4.69) is 337 Å². The Morgan fingerprint density at radius 3 is 0.708 bits per heavy atom. The number of fused-ring (bicyclic) bond motifs is 6. The first-order valence-corrected chi connectivity index (χ1v) is 59.8. The van der Waals surface area contributed by atoms with Gasteiger partial charge < -0.3 is 30.4 Å². The predicted molar refractivity (Wildman–Crippen MR) is 589 cm³/mol. The van der Waals surface area contributed by atoms with Crippen LogP contribution in [0.3, 0.4) is 0 Å². The average molecular weight is 2350 g/mol. The monoisotopic (exact) mass is 2350 g/mol. The van der Waals surface area contributed by atoms with Gasteiger partial charge in [-0.05, 0) is 325 Å². The Bertz CT molecular complexity index is 5390. The van der Waals surface area contributed by atoms with Gasteiger partial charge in [-0.15, -0.1) is 0 Å². The quantitative estimate of drug-likeness (QED) is 0.0896. The molecule has 9 nitrogen and oxygen atoms in total. The fraction of sp³-hybridized carbons (Fsp3) is 0.463. The van der Waals surface area contributed by atoms with Crippen LogP contribution in [0.5, 0.6) is 23.0 Å². The summed E-state index contributed by atoms with van der Waals surface area (Å²) >= 11 is 13.5. The van der Waals surface area contributed by atoms with Crippen molar-refractivity contribution in [2.45, 2.75) is 349 Å². The molecule has 0 bridgehead atoms. The number of benzene rings is 9. The van der Waals surface area contributed by atoms with Crippen LogP contribution in [0.1, 0.15) is 369 Å². The van der Waals surface area contributed by atoms with Crippen molar-refractivity contribution >= 4 is 94.0 Å². The number of aromatic hydroxyl groups is 4. The minimum atomic E-state index is -0.415. The molecule has 0 amide bonds. The fourth-order valence-electron chi connectivity index (χ4n) is 19.1. The van der Waals surface area contributed by atoms with E-state index in [1.54, 1.807) is 36.9 Å². The normalized spacial score (nSPS) is 14.1. The molecule has 6 aliphatic carbocycles. The van der Waals surface area contributed by atoms with Crippen molar-refractivity contribution in [3.8, 4) is 56.4 Å². The summed E-state index contributed by atoms with van der Waals surface area (Å²) in [7, 11) is 0. The minimum Gasteiger partial charge on any atom is -0.670 e. The molecule has 9 aromatic carbocycles. The molecule has 0 spiro atoms. The number of nitrogens with zero attached hydrogens (tertiary/aromatic N) is 5. The molecule has 2 heterocycles. The molecule has 0 radical (unpaired) electrons. The van der Waals surface area contributed by atoms with E-state index in [9.17, 15) is 20.4 Å². The third kappa shape index (κ3) is 31.6. The predicted octanol–water partition coefficient (Wildman–Crippen LogP) is 36.1. The van der Waals surface area contributed by atoms with E-state index in [1.165, 1.54) is 225 Å². The van der Waals surface area contributed by atoms with Gasteiger partial charge in [-0.25, -0.2) is 0 Å². The summed E-state index contributed by atoms with van der Waals surface area (Å²) in [6.45, 7) is 51.7. The van der Waals surface area contributed by atoms with Gasteiger partial charge in [0.25, 0.3) is 0 Å². The molecule has 2 aromatic heterocycles. The molecule has 11 aromatic rings. The molecule has 0 atom stereocenters. The second-order valence-corrected chi connectivity index (χ2v) is 50.9. The Hall–Kier alpha value is -6.27. The SMILES string of the molecule is CC(C)c1cccc(C(C)C)c1[N]=[Mo]=[CH]C(C)(C)C.CC(C)c1cccc(C(C)C)c1[N]=[Mo]=[CH]C(C)(C)C.CC(C)c1cccc(C(C)C)c1[N]=[Mo]=[CH]C(C)(C)C.Cc1c(Br)cc2c(c1-c1c(O)c(Br)cc3c1CCCC3)CCCC2.Cc1c(Br)cc2c(c1-c1c(O)c(Br)cc3c1CCCC3)CCCC2.Oc1ccc2c(c1-c1c(O)ccc3c1CCCC3)CCCC2.c1cc[n-]c1.c1cc[n-]c1. The van der Waals surface area contributed by atoms with Crippen molar-refractivity contribution in [2.75, 3.05) is 0 Å². The maximum Gasteiger partial charge on any atom is 0.137 e. The first kappa shape index (κ1) is 113. The first-order valence-electron chi connectivity index (χ1n) is 50.5. The van der Waals surface area contributed by atoms with Gasteiger partial charge in [0.05, 0.1) is 8.95 Å². The van der Waals surface area contributed by atoms with Crippen LogP contribution in [0.15, 0.2) is 181 Å². The van der Waals surface area contributed by atoms with Crippen LogP contribution in [-0.4, -0.2) is 33.6 Å². The van der Waals surface area contributed by atoms with Gasteiger partial charge in [0.15, 0.2) is 0 Å². The molecule has 17 rings (SSSR count). The smallest absolute Gasteiger partial charge is 0.137 e. The number of phenols is 4. The number of aryl methyl sites for hydroxylation is 6. The van der Waals surface area contributed by atoms with Crippen molar-refractivity contribution in [2.24, 2.45) is 26.7 Å². The molecule has 137 heavy (non-hydrogen) atoms. The van der Waals surface area contributed by atoms with Crippen LogP contribution < -0.4 is 9.97 Å². The summed E-state index contributed by atoms with van der Waals surface area (Å²) in [5, 5.41) is 43.0. The van der Waals surface area contributed by atoms with E-state index in [0.29, 0.717) is 58.5 Å². The zero-order valence-corrected chi connectivity index (χ0v) is 98.7. The molecule has 0 fully saturated rings. The van der Waals surface area contributed by atoms with Gasteiger partial charge >= 0.3 is 380 Å². The number of rotatable bonds is 12. The summed E-state index contributed by atoms with van der Waals surface area (Å²) in [5.41, 5.74) is 38.7. The van der Waals surface area contributed by atoms with E-state index in [-0.39, 0.29) is 16.2 Å². The summed E-state index contributed by atoms with van der Waals surface area (Å²) in [4.78, 5) is 7.44. The second-order valence-electron chi connectivity index (χ2n) is 42.9. The minimum absolute atomic E-state index is 0.288. The molecule has 0 saturated carbocycles. The van der Waals surface area contributed by atoms with Crippen molar-refractivity contribution in [1.82, 2.24) is 9.97 Å². The van der Waals surface area contributed by atoms with E-state index in [4.69, 9.17) is 10.5 Å². The van der Waals surface area contributed by atoms with Crippen molar-refractivity contribution < 1.29 is 74.2 Å². The van der Waals surface area contributed by atoms with Gasteiger partial charge in [-0.3, -0.25) is 0 Å². The molecule has 0 unspecified atom stereocenters. The summed E-state index contributed by atoms with van der Waals surface area (Å²) in [5.74, 6) is 4.72. The van der Waals surface area contributed by atoms with Gasteiger partial charge in [-0.2, -0.15) is 24.8 Å². The van der Waals surface area contributed by atoms with Crippen molar-refractivity contribution in [3.05, 3.63) is 281 Å². The van der Waals surface area contributed by atoms with Gasteiger partial charge in [0.1, 0.15) is 23.0 Å². The average Bonchev–Trinajstić information content (AvgIpc) is 0.985. The summed E-state index contributed by atoms with van der Waals surface area (Å²) in [6, 6.07) is 44.1. The van der Waals surface area contributed by atoms with Crippen molar-refractivity contribution in [3.63, 3.8) is 0 Å². The Kier molecular flexibility index (Phi) is 43.9. The fourth-order valence-corrected chi connectivity index (χ4v) is 26.1. The van der Waals surface area contributed by atoms with Crippen LogP contribution >= 0.6 is 63.7 Å². The Labute approximate surface area is 882 Å². The van der Waals surface area contributed by atoms with Crippen LogP contribution in [0.4, 0.5) is 17.1 Å². The topological polar surface area (TPSA) is 146 Å². The number of aromatic nitrogens is 2. The summed E-state index contributed by atoms with van der Waals surface area (Å²) in [6.07, 6.45) is 34.8. The van der Waals surface area contributed by atoms with Gasteiger partial charge in [0.2, 0.25) is 0 Å². The molecule has 0 saturated heterocycles. The van der Waals surface area contributed by atoms with E-state index in [0.717, 1.165) is 108 Å². The zero-order valence-electron chi connectivity index (χ0n) is 86.4. The second kappa shape index (κ2) is 53.4. The molecule has 4 N–H and O–H groups in total. The Morgan fingerprint density at radius 2 is 0.489 bits per heavy atom. The first-order chi connectivity index (χ1) is 65.1. The third-order valence-electron chi connectivity index (χ3n) is 26.2. The van der Waals surface area contributed by atoms with E-state index >= 15 is 0 Å². The largest absolute Gasteiger partial charge is 0.670 e. The van der Waals surface area contributed by atoms with E-state index < -0.39 is 53.8 Å². The number of halogens is 4. The number of phenolic OH excluding ortho intramolecular Hbond substituents is 4. The van der Waals surface area contributed by atoms with Gasteiger partial charge in [0, 0.05) is 31.2 Å². The maximum absolute atomic E-state index is 11.0. The number of hydrogen-bond donors (Lipinski definition) is 4. The zero-order chi connectivity index (χ0) is 99.8. The molecule has 0 aliphatic heterocycles. The van der Waals surface area contributed by atoms with Gasteiger partial charge in [-0.1, -0.05) is 68.3 Å². The molecule has 736 valence electrons. The Balaban J connectivity index is 0.000000166. The van der Waals surface area contributed by atoms with Crippen molar-refractivity contribution in [1.29, 1.82) is 0 Å². The third-order valence-corrected chi connectivity index (χ3v) is 37.2. The van der Waals surface area contributed by atoms with Crippen LogP contribution in [0.2, 0.25) is 0 Å². The molecule has 6 aliphatic rings. The maximum atomic E-state index is 11.0. The van der Waals surface area contributed by atoms with Crippen LogP contribution in [0.25, 0.3) is 33.4 Å². The standard InChI is InChI=1S/2C21H22Br2O.C20H22O2.3C12H17N.3C5H10.2C4H4N.3Mo/c2*1-12-17(22)10-13-6-2-4-8-15(13)19(12)20-16-9-5-3-7-14(16)11-18(23)21(20)24;21-17-11-9-13-5-1-3-7-15(13)19(17)20-16-8-4-2-6-14(16)10-12-18(20)22;3*1-8(2)10-6-5-7-11(9(3)4)12(10)13;3*1-5(2,3)4;2*1-2-4-5-3-1;;;/h2*10-11,24H,2-9H2,1H3;9-12,21-22H,1-8H2;3*5-9H,1-4H3;3*1H,2-4H3;2*1-4H;;;/q;;;;;;;;;2*-1;;;. The molecule has 16 heteroatoms. The van der Waals surface area contributed by atoms with E-state index in [1.807, 2.05) is 24.3 Å². The summed E-state index contributed by atoms with van der Waals surface area (Å²) < 4.78 is 26.3. The molecular formula is C121H155Br4Mo3N5O4-2. The van der Waals surface area contributed by atoms with Crippen LogP contribution in [-0.2, 0) is 131 Å². The number of hydrogen-bond acceptors (Lipinski definition) is 7. The van der Waals surface area contributed by atoms with Crippen LogP contribution in [0, 0.1) is 30.1 Å². The molecular weight excluding hydrogens is 2190 g/mol.